The van der Waals surface area contributed by atoms with E-state index in [0.29, 0.717) is 22.1 Å². The van der Waals surface area contributed by atoms with Gasteiger partial charge in [-0.05, 0) is 23.6 Å². The minimum atomic E-state index is -5.83. The molecule has 0 heterocycles. The number of benzene rings is 1. The van der Waals surface area contributed by atoms with E-state index in [2.05, 4.69) is 0 Å². The third kappa shape index (κ3) is 3.66. The van der Waals surface area contributed by atoms with Gasteiger partial charge in [-0.3, -0.25) is 0 Å². The van der Waals surface area contributed by atoms with E-state index in [4.69, 9.17) is 5.11 Å². The molecular weight excluding hydrogens is 294 g/mol. The molecule has 0 unspecified atom stereocenters. The second-order valence-electron chi connectivity index (χ2n) is 3.50. The first-order valence-corrected chi connectivity index (χ1v) is 5.71. The largest absolute Gasteiger partial charge is 0.430 e. The molecule has 0 aliphatic carbocycles. The quantitative estimate of drug-likeness (QED) is 0.668. The molecule has 0 saturated heterocycles. The van der Waals surface area contributed by atoms with Crippen LogP contribution in [0.25, 0.3) is 0 Å². The van der Waals surface area contributed by atoms with Crippen molar-refractivity contribution in [2.75, 3.05) is 0 Å². The third-order valence-electron chi connectivity index (χ3n) is 2.12. The number of aliphatic hydroxyl groups is 1. The lowest BCUT2D eigenvalue weighted by atomic mass is 10.0. The zero-order chi connectivity index (χ0) is 14.7. The Morgan fingerprint density at radius 3 is 1.79 bits per heavy atom. The summed E-state index contributed by atoms with van der Waals surface area (Å²) in [5.74, 6) is 0. The van der Waals surface area contributed by atoms with E-state index in [9.17, 15) is 26.3 Å². The summed E-state index contributed by atoms with van der Waals surface area (Å²) in [6.07, 6.45) is -12.0. The molecule has 0 bridgehead atoms. The van der Waals surface area contributed by atoms with Gasteiger partial charge in [-0.1, -0.05) is 30.0 Å². The van der Waals surface area contributed by atoms with Crippen molar-refractivity contribution in [2.24, 2.45) is 0 Å². The van der Waals surface area contributed by atoms with Crippen molar-refractivity contribution in [3.63, 3.8) is 0 Å². The van der Waals surface area contributed by atoms with Crippen LogP contribution >= 0.6 is 11.8 Å². The first-order chi connectivity index (χ1) is 8.58. The number of halogens is 6. The standard InChI is InChI=1S/C11H8F6OS/c12-10(13,14)9(18,11(15,16)17)6-7-19-8-4-2-1-3-5-8/h1-7,18H. The van der Waals surface area contributed by atoms with Crippen molar-refractivity contribution < 1.29 is 31.4 Å². The van der Waals surface area contributed by atoms with Crippen molar-refractivity contribution in [3.05, 3.63) is 41.8 Å². The maximum absolute atomic E-state index is 12.3. The van der Waals surface area contributed by atoms with Crippen molar-refractivity contribution in [1.29, 1.82) is 0 Å². The Kier molecular flexibility index (Phi) is 4.57. The maximum atomic E-state index is 12.3. The van der Waals surface area contributed by atoms with Gasteiger partial charge >= 0.3 is 12.4 Å². The maximum Gasteiger partial charge on any atom is 0.430 e. The SMILES string of the molecule is OC(C=CSc1ccccc1)(C(F)(F)F)C(F)(F)F. The van der Waals surface area contributed by atoms with Crippen LogP contribution in [0.2, 0.25) is 0 Å². The average molecular weight is 302 g/mol. The zero-order valence-electron chi connectivity index (χ0n) is 9.16. The fourth-order valence-electron chi connectivity index (χ4n) is 1.06. The monoisotopic (exact) mass is 302 g/mol. The van der Waals surface area contributed by atoms with Crippen molar-refractivity contribution in [1.82, 2.24) is 0 Å². The minimum Gasteiger partial charge on any atom is -0.370 e. The van der Waals surface area contributed by atoms with E-state index < -0.39 is 18.0 Å². The van der Waals surface area contributed by atoms with Gasteiger partial charge < -0.3 is 5.11 Å². The van der Waals surface area contributed by atoms with Crippen LogP contribution in [0.3, 0.4) is 0 Å². The minimum absolute atomic E-state index is 0.301. The Morgan fingerprint density at radius 1 is 0.895 bits per heavy atom. The van der Waals surface area contributed by atoms with Gasteiger partial charge in [0.1, 0.15) is 0 Å². The normalized spacial score (nSPS) is 14.1. The van der Waals surface area contributed by atoms with Crippen LogP contribution in [0.5, 0.6) is 0 Å². The van der Waals surface area contributed by atoms with Gasteiger partial charge in [0, 0.05) is 4.90 Å². The molecule has 1 nitrogen and oxygen atoms in total. The Balaban J connectivity index is 2.92. The van der Waals surface area contributed by atoms with Gasteiger partial charge in [-0.2, -0.15) is 26.3 Å². The van der Waals surface area contributed by atoms with Crippen molar-refractivity contribution in [3.8, 4) is 0 Å². The molecule has 0 spiro atoms. The van der Waals surface area contributed by atoms with Crippen LogP contribution in [-0.2, 0) is 0 Å². The van der Waals surface area contributed by atoms with E-state index in [1.165, 1.54) is 12.1 Å². The summed E-state index contributed by atoms with van der Waals surface area (Å²) in [7, 11) is 0. The lowest BCUT2D eigenvalue weighted by Gasteiger charge is -2.29. The Hall–Kier alpha value is -1.15. The molecule has 1 aromatic rings. The first kappa shape index (κ1) is 15.9. The van der Waals surface area contributed by atoms with Crippen LogP contribution < -0.4 is 0 Å². The molecular formula is C11H8F6OS. The smallest absolute Gasteiger partial charge is 0.370 e. The number of rotatable bonds is 3. The predicted octanol–water partition coefficient (Wildman–Crippen LogP) is 4.15. The van der Waals surface area contributed by atoms with Crippen LogP contribution in [-0.4, -0.2) is 23.1 Å². The van der Waals surface area contributed by atoms with Gasteiger partial charge in [0.05, 0.1) is 0 Å². The Bertz CT molecular complexity index is 423. The summed E-state index contributed by atoms with van der Waals surface area (Å²) < 4.78 is 73.8. The van der Waals surface area contributed by atoms with Gasteiger partial charge in [0.25, 0.3) is 5.60 Å². The molecule has 0 aromatic heterocycles. The molecule has 8 heteroatoms. The molecule has 1 rings (SSSR count). The van der Waals surface area contributed by atoms with E-state index in [-0.39, 0.29) is 6.08 Å². The highest BCUT2D eigenvalue weighted by Crippen LogP contribution is 2.44. The topological polar surface area (TPSA) is 20.2 Å². The lowest BCUT2D eigenvalue weighted by Crippen LogP contribution is -2.55. The highest BCUT2D eigenvalue weighted by molar-refractivity contribution is 8.02. The molecule has 0 radical (unpaired) electrons. The highest BCUT2D eigenvalue weighted by Gasteiger charge is 2.68. The third-order valence-corrected chi connectivity index (χ3v) is 2.94. The molecule has 0 amide bonds. The molecule has 0 fully saturated rings. The zero-order valence-corrected chi connectivity index (χ0v) is 9.98. The Labute approximate surface area is 108 Å². The van der Waals surface area contributed by atoms with Crippen molar-refractivity contribution >= 4 is 11.8 Å². The van der Waals surface area contributed by atoms with Crippen LogP contribution in [0.15, 0.2) is 46.7 Å². The van der Waals surface area contributed by atoms with Crippen molar-refractivity contribution in [2.45, 2.75) is 22.8 Å². The van der Waals surface area contributed by atoms with Gasteiger partial charge in [-0.25, -0.2) is 0 Å². The second-order valence-corrected chi connectivity index (χ2v) is 4.47. The number of hydrogen-bond acceptors (Lipinski definition) is 2. The summed E-state index contributed by atoms with van der Waals surface area (Å²) in [4.78, 5) is 0.449. The van der Waals surface area contributed by atoms with Gasteiger partial charge in [-0.15, -0.1) is 0 Å². The average Bonchev–Trinajstić information content (AvgIpc) is 2.27. The summed E-state index contributed by atoms with van der Waals surface area (Å²) >= 11 is 0.639. The fraction of sp³-hybridized carbons (Fsp3) is 0.273. The molecule has 0 aliphatic rings. The number of alkyl halides is 6. The van der Waals surface area contributed by atoms with Crippen LogP contribution in [0.1, 0.15) is 0 Å². The molecule has 106 valence electrons. The first-order valence-electron chi connectivity index (χ1n) is 4.83. The molecule has 0 saturated carbocycles. The van der Waals surface area contributed by atoms with E-state index in [1.54, 1.807) is 18.2 Å². The van der Waals surface area contributed by atoms with E-state index in [0.717, 1.165) is 0 Å². The summed E-state index contributed by atoms with van der Waals surface area (Å²) in [5.41, 5.74) is -4.85. The predicted molar refractivity (Wildman–Crippen MR) is 58.5 cm³/mol. The molecule has 19 heavy (non-hydrogen) atoms. The molecule has 1 aromatic carbocycles. The van der Waals surface area contributed by atoms with Gasteiger partial charge in [0.15, 0.2) is 0 Å². The van der Waals surface area contributed by atoms with E-state index >= 15 is 0 Å². The summed E-state index contributed by atoms with van der Waals surface area (Å²) in [5, 5.41) is 9.38. The fourth-order valence-corrected chi connectivity index (χ4v) is 1.80. The highest BCUT2D eigenvalue weighted by atomic mass is 32.2. The number of thioether (sulfide) groups is 1. The Morgan fingerprint density at radius 2 is 1.37 bits per heavy atom. The molecule has 0 aliphatic heterocycles. The summed E-state index contributed by atoms with van der Waals surface area (Å²) in [6, 6.07) is 7.83. The van der Waals surface area contributed by atoms with Crippen LogP contribution in [0.4, 0.5) is 26.3 Å². The van der Waals surface area contributed by atoms with Crippen LogP contribution in [0, 0.1) is 0 Å². The lowest BCUT2D eigenvalue weighted by molar-refractivity contribution is -0.347. The van der Waals surface area contributed by atoms with E-state index in [1.807, 2.05) is 0 Å². The second kappa shape index (κ2) is 5.46. The molecule has 1 N–H and O–H groups in total. The molecule has 0 atom stereocenters. The number of hydrogen-bond donors (Lipinski definition) is 1. The van der Waals surface area contributed by atoms with Gasteiger partial charge in [0.2, 0.25) is 0 Å². The summed E-state index contributed by atoms with van der Waals surface area (Å²) in [6.45, 7) is 0.